The Bertz CT molecular complexity index is 513. The van der Waals surface area contributed by atoms with Crippen molar-refractivity contribution in [3.05, 3.63) is 16.8 Å². The Morgan fingerprint density at radius 2 is 2.15 bits per heavy atom. The topological polar surface area (TPSA) is 55.3 Å². The minimum absolute atomic E-state index is 0.0503. The first-order valence-corrected chi connectivity index (χ1v) is 6.55. The van der Waals surface area contributed by atoms with Crippen molar-refractivity contribution in [1.29, 1.82) is 0 Å². The summed E-state index contributed by atoms with van der Waals surface area (Å²) in [5.41, 5.74) is 0.137. The highest BCUT2D eigenvalue weighted by molar-refractivity contribution is 6.29. The molecule has 0 spiro atoms. The number of esters is 1. The first kappa shape index (κ1) is 14.9. The van der Waals surface area contributed by atoms with Crippen LogP contribution in [0.1, 0.15) is 29.6 Å². The van der Waals surface area contributed by atoms with Crippen LogP contribution in [0.15, 0.2) is 6.07 Å². The van der Waals surface area contributed by atoms with Crippen molar-refractivity contribution >= 4 is 23.4 Å². The van der Waals surface area contributed by atoms with Crippen LogP contribution < -0.4 is 4.90 Å². The van der Waals surface area contributed by atoms with E-state index in [0.717, 1.165) is 0 Å². The summed E-state index contributed by atoms with van der Waals surface area (Å²) < 4.78 is 31.4. The predicted octanol–water partition coefficient (Wildman–Crippen LogP) is 2.54. The molecular formula is C12H14ClF2N3O2. The van der Waals surface area contributed by atoms with Crippen LogP contribution in [-0.4, -0.2) is 42.3 Å². The van der Waals surface area contributed by atoms with E-state index in [9.17, 15) is 13.6 Å². The molecule has 0 unspecified atom stereocenters. The molecule has 2 heterocycles. The van der Waals surface area contributed by atoms with E-state index in [-0.39, 0.29) is 35.9 Å². The third kappa shape index (κ3) is 3.33. The van der Waals surface area contributed by atoms with E-state index < -0.39 is 11.9 Å². The van der Waals surface area contributed by atoms with Gasteiger partial charge in [0.25, 0.3) is 0 Å². The van der Waals surface area contributed by atoms with Crippen LogP contribution in [-0.2, 0) is 4.74 Å². The summed E-state index contributed by atoms with van der Waals surface area (Å²) in [5, 5.41) is 7.59. The number of halogens is 3. The van der Waals surface area contributed by atoms with Crippen LogP contribution in [0.25, 0.3) is 0 Å². The van der Waals surface area contributed by atoms with Gasteiger partial charge in [-0.25, -0.2) is 13.6 Å². The zero-order valence-electron chi connectivity index (χ0n) is 10.9. The third-order valence-electron chi connectivity index (χ3n) is 3.17. The lowest BCUT2D eigenvalue weighted by Crippen LogP contribution is -2.29. The number of carbonyl (C=O) groups is 1. The monoisotopic (exact) mass is 305 g/mol. The molecular weight excluding hydrogens is 292 g/mol. The normalized spacial score (nSPS) is 18.5. The number of alkyl halides is 2. The minimum Gasteiger partial charge on any atom is -0.465 e. The van der Waals surface area contributed by atoms with Crippen molar-refractivity contribution in [2.24, 2.45) is 0 Å². The number of anilines is 1. The molecule has 5 nitrogen and oxygen atoms in total. The molecule has 20 heavy (non-hydrogen) atoms. The minimum atomic E-state index is -2.68. The van der Waals surface area contributed by atoms with Crippen molar-refractivity contribution in [2.45, 2.75) is 25.2 Å². The van der Waals surface area contributed by atoms with E-state index in [1.165, 1.54) is 13.2 Å². The van der Waals surface area contributed by atoms with Crippen molar-refractivity contribution in [2.75, 3.05) is 25.1 Å². The molecule has 1 fully saturated rings. The predicted molar refractivity (Wildman–Crippen MR) is 69.4 cm³/mol. The highest BCUT2D eigenvalue weighted by Crippen LogP contribution is 2.30. The van der Waals surface area contributed by atoms with Gasteiger partial charge in [0, 0.05) is 25.9 Å². The molecule has 0 aliphatic carbocycles. The molecule has 0 amide bonds. The number of carbonyl (C=O) groups excluding carboxylic acids is 1. The Morgan fingerprint density at radius 3 is 2.85 bits per heavy atom. The van der Waals surface area contributed by atoms with E-state index >= 15 is 0 Å². The lowest BCUT2D eigenvalue weighted by atomic mass is 10.1. The van der Waals surface area contributed by atoms with Crippen LogP contribution in [0.5, 0.6) is 0 Å². The number of ether oxygens (including phenoxy) is 1. The van der Waals surface area contributed by atoms with Gasteiger partial charge in [0.2, 0.25) is 5.92 Å². The Labute approximate surface area is 119 Å². The molecule has 1 saturated heterocycles. The average molecular weight is 306 g/mol. The third-order valence-corrected chi connectivity index (χ3v) is 3.35. The Kier molecular flexibility index (Phi) is 4.37. The lowest BCUT2D eigenvalue weighted by molar-refractivity contribution is -0.0102. The smallest absolute Gasteiger partial charge is 0.341 e. The molecule has 0 N–H and O–H groups in total. The van der Waals surface area contributed by atoms with Crippen molar-refractivity contribution in [3.63, 3.8) is 0 Å². The standard InChI is InChI=1S/C12H14ClF2N3O2/c1-20-11(19)8-7-9(13)16-17-10(8)18-5-2-3-12(14,15)4-6-18/h7H,2-6H2,1H3. The summed E-state index contributed by atoms with van der Waals surface area (Å²) in [5.74, 6) is -3.06. The van der Waals surface area contributed by atoms with Crippen LogP contribution in [0.4, 0.5) is 14.6 Å². The summed E-state index contributed by atoms with van der Waals surface area (Å²) in [7, 11) is 1.23. The van der Waals surface area contributed by atoms with Crippen LogP contribution in [0.2, 0.25) is 5.15 Å². The van der Waals surface area contributed by atoms with Gasteiger partial charge < -0.3 is 9.64 Å². The Balaban J connectivity index is 2.30. The summed E-state index contributed by atoms with van der Waals surface area (Å²) in [6.07, 6.45) is -0.131. The molecule has 0 radical (unpaired) electrons. The average Bonchev–Trinajstić information content (AvgIpc) is 2.59. The summed E-state index contributed by atoms with van der Waals surface area (Å²) in [6, 6.07) is 1.33. The number of rotatable bonds is 2. The molecule has 0 bridgehead atoms. The highest BCUT2D eigenvalue weighted by Gasteiger charge is 2.33. The maximum Gasteiger partial charge on any atom is 0.341 e. The molecule has 110 valence electrons. The second-order valence-electron chi connectivity index (χ2n) is 4.59. The summed E-state index contributed by atoms with van der Waals surface area (Å²) in [6.45, 7) is 0.489. The van der Waals surface area contributed by atoms with Gasteiger partial charge in [-0.2, -0.15) is 0 Å². The van der Waals surface area contributed by atoms with E-state index in [0.29, 0.717) is 13.0 Å². The number of nitrogens with zero attached hydrogens (tertiary/aromatic N) is 3. The SMILES string of the molecule is COC(=O)c1cc(Cl)nnc1N1CCCC(F)(F)CC1. The Morgan fingerprint density at radius 1 is 1.40 bits per heavy atom. The molecule has 2 rings (SSSR count). The van der Waals surface area contributed by atoms with Crippen molar-refractivity contribution in [1.82, 2.24) is 10.2 Å². The fourth-order valence-corrected chi connectivity index (χ4v) is 2.28. The molecule has 0 saturated carbocycles. The molecule has 1 aliphatic heterocycles. The van der Waals surface area contributed by atoms with Gasteiger partial charge in [0.05, 0.1) is 7.11 Å². The van der Waals surface area contributed by atoms with Gasteiger partial charge in [-0.3, -0.25) is 0 Å². The molecule has 0 atom stereocenters. The molecule has 1 aromatic heterocycles. The first-order chi connectivity index (χ1) is 9.43. The fourth-order valence-electron chi connectivity index (χ4n) is 2.13. The van der Waals surface area contributed by atoms with E-state index in [4.69, 9.17) is 11.6 Å². The zero-order valence-corrected chi connectivity index (χ0v) is 11.7. The number of aromatic nitrogens is 2. The second kappa shape index (κ2) is 5.87. The molecule has 0 aromatic carbocycles. The van der Waals surface area contributed by atoms with Gasteiger partial charge in [0.15, 0.2) is 11.0 Å². The number of hydrogen-bond acceptors (Lipinski definition) is 5. The van der Waals surface area contributed by atoms with Gasteiger partial charge in [-0.05, 0) is 12.5 Å². The fraction of sp³-hybridized carbons (Fsp3) is 0.583. The quantitative estimate of drug-likeness (QED) is 0.786. The van der Waals surface area contributed by atoms with E-state index in [1.54, 1.807) is 4.90 Å². The molecule has 1 aromatic rings. The first-order valence-electron chi connectivity index (χ1n) is 6.17. The van der Waals surface area contributed by atoms with Crippen molar-refractivity contribution in [3.8, 4) is 0 Å². The highest BCUT2D eigenvalue weighted by atomic mass is 35.5. The van der Waals surface area contributed by atoms with Gasteiger partial charge >= 0.3 is 5.97 Å². The Hall–Kier alpha value is -1.50. The van der Waals surface area contributed by atoms with Crippen LogP contribution >= 0.6 is 11.6 Å². The largest absolute Gasteiger partial charge is 0.465 e. The van der Waals surface area contributed by atoms with Crippen LogP contribution in [0.3, 0.4) is 0 Å². The molecule has 8 heteroatoms. The van der Waals surface area contributed by atoms with Gasteiger partial charge in [-0.1, -0.05) is 11.6 Å². The van der Waals surface area contributed by atoms with Gasteiger partial charge in [0.1, 0.15) is 5.56 Å². The maximum atomic E-state index is 13.4. The lowest BCUT2D eigenvalue weighted by Gasteiger charge is -2.22. The van der Waals surface area contributed by atoms with Crippen LogP contribution in [0, 0.1) is 0 Å². The number of hydrogen-bond donors (Lipinski definition) is 0. The molecule has 1 aliphatic rings. The van der Waals surface area contributed by atoms with Crippen molar-refractivity contribution < 1.29 is 18.3 Å². The zero-order chi connectivity index (χ0) is 14.8. The van der Waals surface area contributed by atoms with E-state index in [1.807, 2.05) is 0 Å². The maximum absolute atomic E-state index is 13.4. The van der Waals surface area contributed by atoms with E-state index in [2.05, 4.69) is 14.9 Å². The van der Waals surface area contributed by atoms with Gasteiger partial charge in [-0.15, -0.1) is 10.2 Å². The second-order valence-corrected chi connectivity index (χ2v) is 4.98. The number of methoxy groups -OCH3 is 1. The summed E-state index contributed by atoms with van der Waals surface area (Å²) in [4.78, 5) is 13.3. The summed E-state index contributed by atoms with van der Waals surface area (Å²) >= 11 is 5.71.